The topological polar surface area (TPSA) is 99.4 Å². The van der Waals surface area contributed by atoms with Crippen molar-refractivity contribution >= 4 is 23.5 Å². The fourth-order valence-corrected chi connectivity index (χ4v) is 1.44. The Kier molecular flexibility index (Phi) is 9.24. The van der Waals surface area contributed by atoms with E-state index in [1.54, 1.807) is 20.8 Å². The molecule has 0 atom stereocenters. The molecule has 0 saturated heterocycles. The second-order valence-electron chi connectivity index (χ2n) is 5.01. The third-order valence-corrected chi connectivity index (χ3v) is 2.29. The number of halogens is 1. The van der Waals surface area contributed by atoms with E-state index in [4.69, 9.17) is 26.8 Å². The Labute approximate surface area is 136 Å². The first-order valence-corrected chi connectivity index (χ1v) is 7.53. The molecule has 7 nitrogen and oxygen atoms in total. The average Bonchev–Trinajstić information content (AvgIpc) is 2.41. The molecular weight excluding hydrogens is 308 g/mol. The van der Waals surface area contributed by atoms with E-state index in [0.717, 1.165) is 0 Å². The second-order valence-corrected chi connectivity index (χ2v) is 5.37. The van der Waals surface area contributed by atoms with Gasteiger partial charge in [-0.25, -0.2) is 14.8 Å². The molecule has 1 aromatic heterocycles. The van der Waals surface area contributed by atoms with Crippen LogP contribution in [0.15, 0.2) is 6.33 Å². The highest BCUT2D eigenvalue weighted by atomic mass is 35.5. The summed E-state index contributed by atoms with van der Waals surface area (Å²) in [4.78, 5) is 18.9. The summed E-state index contributed by atoms with van der Waals surface area (Å²) in [5.41, 5.74) is 5.09. The van der Waals surface area contributed by atoms with E-state index >= 15 is 0 Å². The minimum Gasteiger partial charge on any atom is -0.487 e. The Morgan fingerprint density at radius 2 is 2.00 bits per heavy atom. The Bertz CT molecular complexity index is 444. The summed E-state index contributed by atoms with van der Waals surface area (Å²) >= 11 is 5.82. The maximum Gasteiger partial charge on any atom is 0.407 e. The number of alkyl carbamates (subject to hydrolysis) is 1. The predicted octanol–water partition coefficient (Wildman–Crippen LogP) is 3.03. The number of carbonyl (C=O) groups is 1. The number of hydrogen-bond donors (Lipinski definition) is 2. The highest BCUT2D eigenvalue weighted by molar-refractivity contribution is 6.31. The van der Waals surface area contributed by atoms with Crippen LogP contribution >= 0.6 is 11.6 Å². The highest BCUT2D eigenvalue weighted by Gasteiger charge is 2.15. The molecular formula is C14H25ClN4O3. The molecule has 1 rings (SSSR count). The minimum absolute atomic E-state index is 0.164. The summed E-state index contributed by atoms with van der Waals surface area (Å²) in [6, 6.07) is 0. The zero-order valence-electron chi connectivity index (χ0n) is 13.8. The zero-order valence-corrected chi connectivity index (χ0v) is 14.5. The predicted molar refractivity (Wildman–Crippen MR) is 87.2 cm³/mol. The van der Waals surface area contributed by atoms with Gasteiger partial charge in [-0.05, 0) is 27.2 Å². The van der Waals surface area contributed by atoms with E-state index in [9.17, 15) is 4.79 Å². The van der Waals surface area contributed by atoms with Crippen molar-refractivity contribution in [3.05, 3.63) is 11.5 Å². The molecule has 22 heavy (non-hydrogen) atoms. The van der Waals surface area contributed by atoms with Gasteiger partial charge in [0.15, 0.2) is 16.7 Å². The van der Waals surface area contributed by atoms with Crippen LogP contribution in [0.2, 0.25) is 5.15 Å². The molecule has 126 valence electrons. The number of aromatic nitrogens is 2. The molecule has 1 aromatic rings. The van der Waals surface area contributed by atoms with E-state index in [0.29, 0.717) is 19.6 Å². The van der Waals surface area contributed by atoms with Gasteiger partial charge >= 0.3 is 6.09 Å². The Balaban J connectivity index is 0.00000211. The number of anilines is 1. The lowest BCUT2D eigenvalue weighted by atomic mass is 10.2. The Morgan fingerprint density at radius 3 is 2.55 bits per heavy atom. The van der Waals surface area contributed by atoms with Crippen LogP contribution < -0.4 is 15.8 Å². The van der Waals surface area contributed by atoms with E-state index in [2.05, 4.69) is 15.3 Å². The lowest BCUT2D eigenvalue weighted by Gasteiger charge is -2.19. The van der Waals surface area contributed by atoms with Crippen LogP contribution in [0.3, 0.4) is 0 Å². The van der Waals surface area contributed by atoms with Crippen LogP contribution in [0, 0.1) is 0 Å². The maximum atomic E-state index is 11.4. The molecule has 0 aliphatic heterocycles. The SMILES string of the molecule is CC.CC(C)(C)OC(=O)NCCCOc1c(N)ncnc1Cl. The fraction of sp³-hybridized carbons (Fsp3) is 0.643. The standard InChI is InChI=1S/C12H19ClN4O3.C2H6/c1-12(2,3)20-11(18)15-5-4-6-19-8-9(13)16-7-17-10(8)14;1-2/h7H,4-6H2,1-3H3,(H,15,18)(H2,14,16,17);1-2H3. The summed E-state index contributed by atoms with van der Waals surface area (Å²) in [5.74, 6) is 0.441. The number of nitrogen functional groups attached to an aromatic ring is 1. The first-order chi connectivity index (χ1) is 10.3. The van der Waals surface area contributed by atoms with E-state index in [1.807, 2.05) is 13.8 Å². The first kappa shape index (κ1) is 20.2. The van der Waals surface area contributed by atoms with Crippen molar-refractivity contribution in [3.8, 4) is 5.75 Å². The number of nitrogens with zero attached hydrogens (tertiary/aromatic N) is 2. The van der Waals surface area contributed by atoms with Crippen LogP contribution in [0.1, 0.15) is 41.0 Å². The average molecular weight is 333 g/mol. The van der Waals surface area contributed by atoms with Gasteiger partial charge in [-0.2, -0.15) is 0 Å². The number of ether oxygens (including phenoxy) is 2. The van der Waals surface area contributed by atoms with Gasteiger partial charge in [0.2, 0.25) is 0 Å². The summed E-state index contributed by atoms with van der Waals surface area (Å²) in [5, 5.41) is 2.78. The van der Waals surface area contributed by atoms with Gasteiger partial charge in [-0.3, -0.25) is 0 Å². The van der Waals surface area contributed by atoms with Gasteiger partial charge < -0.3 is 20.5 Å². The van der Waals surface area contributed by atoms with Crippen LogP contribution in [-0.4, -0.2) is 34.8 Å². The van der Waals surface area contributed by atoms with Gasteiger partial charge in [-0.1, -0.05) is 25.4 Å². The molecule has 8 heteroatoms. The van der Waals surface area contributed by atoms with Crippen molar-refractivity contribution in [2.45, 2.75) is 46.6 Å². The largest absolute Gasteiger partial charge is 0.487 e. The van der Waals surface area contributed by atoms with Crippen molar-refractivity contribution in [3.63, 3.8) is 0 Å². The molecule has 0 aliphatic carbocycles. The third kappa shape index (κ3) is 8.51. The number of hydrogen-bond acceptors (Lipinski definition) is 6. The smallest absolute Gasteiger partial charge is 0.407 e. The minimum atomic E-state index is -0.510. The van der Waals surface area contributed by atoms with Gasteiger partial charge in [0.25, 0.3) is 0 Å². The van der Waals surface area contributed by atoms with E-state index in [-0.39, 0.29) is 16.7 Å². The normalized spacial score (nSPS) is 10.3. The monoisotopic (exact) mass is 332 g/mol. The van der Waals surface area contributed by atoms with Gasteiger partial charge in [0.05, 0.1) is 6.61 Å². The van der Waals surface area contributed by atoms with Crippen LogP contribution in [0.25, 0.3) is 0 Å². The third-order valence-electron chi connectivity index (χ3n) is 2.02. The quantitative estimate of drug-likeness (QED) is 0.635. The van der Waals surface area contributed by atoms with Crippen LogP contribution in [0.4, 0.5) is 10.6 Å². The molecule has 0 saturated carbocycles. The molecule has 1 heterocycles. The highest BCUT2D eigenvalue weighted by Crippen LogP contribution is 2.26. The number of nitrogens with one attached hydrogen (secondary N) is 1. The van der Waals surface area contributed by atoms with Crippen molar-refractivity contribution in [2.24, 2.45) is 0 Å². The molecule has 3 N–H and O–H groups in total. The molecule has 0 aliphatic rings. The van der Waals surface area contributed by atoms with Gasteiger partial charge in [-0.15, -0.1) is 0 Å². The van der Waals surface area contributed by atoms with Gasteiger partial charge in [0.1, 0.15) is 11.9 Å². The Morgan fingerprint density at radius 1 is 1.36 bits per heavy atom. The first-order valence-electron chi connectivity index (χ1n) is 7.15. The van der Waals surface area contributed by atoms with Crippen molar-refractivity contribution in [2.75, 3.05) is 18.9 Å². The fourth-order valence-electron chi connectivity index (χ4n) is 1.25. The summed E-state index contributed by atoms with van der Waals surface area (Å²) < 4.78 is 10.5. The lowest BCUT2D eigenvalue weighted by Crippen LogP contribution is -2.33. The summed E-state index contributed by atoms with van der Waals surface area (Å²) in [6.07, 6.45) is 1.37. The number of nitrogens with two attached hydrogens (primary N) is 1. The van der Waals surface area contributed by atoms with Crippen molar-refractivity contribution in [1.29, 1.82) is 0 Å². The lowest BCUT2D eigenvalue weighted by molar-refractivity contribution is 0.0525. The molecule has 0 unspecified atom stereocenters. The maximum absolute atomic E-state index is 11.4. The van der Waals surface area contributed by atoms with E-state index < -0.39 is 11.7 Å². The van der Waals surface area contributed by atoms with E-state index in [1.165, 1.54) is 6.33 Å². The van der Waals surface area contributed by atoms with Gasteiger partial charge in [0, 0.05) is 6.54 Å². The summed E-state index contributed by atoms with van der Waals surface area (Å²) in [7, 11) is 0. The van der Waals surface area contributed by atoms with Crippen LogP contribution in [0.5, 0.6) is 5.75 Å². The van der Waals surface area contributed by atoms with Crippen LogP contribution in [-0.2, 0) is 4.74 Å². The van der Waals surface area contributed by atoms with Crippen molar-refractivity contribution in [1.82, 2.24) is 15.3 Å². The molecule has 0 spiro atoms. The second kappa shape index (κ2) is 10.0. The molecule has 0 fully saturated rings. The number of rotatable bonds is 5. The zero-order chi connectivity index (χ0) is 17.2. The number of carbonyl (C=O) groups excluding carboxylic acids is 1. The molecule has 0 aromatic carbocycles. The summed E-state index contributed by atoms with van der Waals surface area (Å²) in [6.45, 7) is 10.1. The molecule has 1 amide bonds. The van der Waals surface area contributed by atoms with Crippen molar-refractivity contribution < 1.29 is 14.3 Å². The number of amides is 1. The molecule has 0 radical (unpaired) electrons. The Hall–Kier alpha value is -1.76. The molecule has 0 bridgehead atoms.